The first-order valence-electron chi connectivity index (χ1n) is 4.73. The normalized spacial score (nSPS) is 13.5. The van der Waals surface area contributed by atoms with Crippen LogP contribution >= 0.6 is 22.9 Å². The summed E-state index contributed by atoms with van der Waals surface area (Å²) in [7, 11) is 0. The SMILES string of the molecule is CC(C)CNCC(O)c1ccc(Cl)s1. The van der Waals surface area contributed by atoms with Crippen molar-refractivity contribution in [2.24, 2.45) is 5.92 Å². The molecule has 1 unspecified atom stereocenters. The fourth-order valence-electron chi connectivity index (χ4n) is 1.12. The van der Waals surface area contributed by atoms with E-state index in [0.717, 1.165) is 15.8 Å². The lowest BCUT2D eigenvalue weighted by atomic mass is 10.2. The van der Waals surface area contributed by atoms with Crippen molar-refractivity contribution in [2.75, 3.05) is 13.1 Å². The molecule has 0 amide bonds. The highest BCUT2D eigenvalue weighted by Crippen LogP contribution is 2.26. The molecule has 1 heterocycles. The van der Waals surface area contributed by atoms with Crippen molar-refractivity contribution in [1.82, 2.24) is 5.32 Å². The molecule has 0 saturated carbocycles. The van der Waals surface area contributed by atoms with Crippen molar-refractivity contribution in [3.8, 4) is 0 Å². The minimum absolute atomic E-state index is 0.439. The number of aliphatic hydroxyl groups is 1. The summed E-state index contributed by atoms with van der Waals surface area (Å²) >= 11 is 7.21. The van der Waals surface area contributed by atoms with Crippen LogP contribution in [0.15, 0.2) is 12.1 Å². The van der Waals surface area contributed by atoms with Gasteiger partial charge < -0.3 is 10.4 Å². The second-order valence-electron chi connectivity index (χ2n) is 3.71. The highest BCUT2D eigenvalue weighted by Gasteiger charge is 2.09. The zero-order valence-corrected chi connectivity index (χ0v) is 10.0. The van der Waals surface area contributed by atoms with Gasteiger partial charge >= 0.3 is 0 Å². The van der Waals surface area contributed by atoms with Gasteiger partial charge in [-0.15, -0.1) is 11.3 Å². The maximum absolute atomic E-state index is 9.74. The Balaban J connectivity index is 2.32. The monoisotopic (exact) mass is 233 g/mol. The molecule has 1 aromatic rings. The first kappa shape index (κ1) is 12.0. The number of thiophene rings is 1. The van der Waals surface area contributed by atoms with Crippen molar-refractivity contribution in [1.29, 1.82) is 0 Å². The fourth-order valence-corrected chi connectivity index (χ4v) is 2.16. The van der Waals surface area contributed by atoms with Crippen LogP contribution in [0.3, 0.4) is 0 Å². The van der Waals surface area contributed by atoms with Gasteiger partial charge in [-0.05, 0) is 24.6 Å². The molecule has 2 nitrogen and oxygen atoms in total. The minimum Gasteiger partial charge on any atom is -0.386 e. The third-order valence-electron chi connectivity index (χ3n) is 1.81. The average Bonchev–Trinajstić information content (AvgIpc) is 2.51. The first-order valence-corrected chi connectivity index (χ1v) is 5.93. The Morgan fingerprint density at radius 3 is 2.64 bits per heavy atom. The fraction of sp³-hybridized carbons (Fsp3) is 0.600. The maximum Gasteiger partial charge on any atom is 0.101 e. The van der Waals surface area contributed by atoms with Crippen LogP contribution in [0, 0.1) is 5.92 Å². The molecule has 14 heavy (non-hydrogen) atoms. The van der Waals surface area contributed by atoms with Gasteiger partial charge in [0.15, 0.2) is 0 Å². The third kappa shape index (κ3) is 3.96. The lowest BCUT2D eigenvalue weighted by Crippen LogP contribution is -2.24. The van der Waals surface area contributed by atoms with E-state index in [1.807, 2.05) is 12.1 Å². The summed E-state index contributed by atoms with van der Waals surface area (Å²) in [5.41, 5.74) is 0. The van der Waals surface area contributed by atoms with Crippen LogP contribution < -0.4 is 5.32 Å². The van der Waals surface area contributed by atoms with Gasteiger partial charge in [-0.2, -0.15) is 0 Å². The Hall–Kier alpha value is -0.0900. The molecule has 0 saturated heterocycles. The van der Waals surface area contributed by atoms with Crippen molar-refractivity contribution in [3.63, 3.8) is 0 Å². The molecule has 0 aliphatic heterocycles. The Labute approximate surface area is 93.9 Å². The largest absolute Gasteiger partial charge is 0.386 e. The Kier molecular flexibility index (Phi) is 4.89. The van der Waals surface area contributed by atoms with Gasteiger partial charge in [0.05, 0.1) is 4.34 Å². The van der Waals surface area contributed by atoms with Gasteiger partial charge in [0.1, 0.15) is 6.10 Å². The summed E-state index contributed by atoms with van der Waals surface area (Å²) in [6.07, 6.45) is -0.439. The van der Waals surface area contributed by atoms with E-state index < -0.39 is 6.10 Å². The number of hydrogen-bond acceptors (Lipinski definition) is 3. The summed E-state index contributed by atoms with van der Waals surface area (Å²) < 4.78 is 0.725. The zero-order valence-electron chi connectivity index (χ0n) is 8.46. The summed E-state index contributed by atoms with van der Waals surface area (Å²) in [6, 6.07) is 3.68. The van der Waals surface area contributed by atoms with Crippen molar-refractivity contribution in [3.05, 3.63) is 21.3 Å². The molecule has 80 valence electrons. The predicted molar refractivity (Wildman–Crippen MR) is 62.0 cm³/mol. The number of rotatable bonds is 5. The van der Waals surface area contributed by atoms with E-state index in [0.29, 0.717) is 12.5 Å². The standard InChI is InChI=1S/C10H16ClNOS/c1-7(2)5-12-6-8(13)9-3-4-10(11)14-9/h3-4,7-8,12-13H,5-6H2,1-2H3. The average molecular weight is 234 g/mol. The molecular weight excluding hydrogens is 218 g/mol. The number of nitrogens with one attached hydrogen (secondary N) is 1. The van der Waals surface area contributed by atoms with E-state index in [4.69, 9.17) is 11.6 Å². The molecule has 0 bridgehead atoms. The molecule has 0 fully saturated rings. The topological polar surface area (TPSA) is 32.3 Å². The maximum atomic E-state index is 9.74. The second-order valence-corrected chi connectivity index (χ2v) is 5.46. The van der Waals surface area contributed by atoms with Crippen LogP contribution in [-0.4, -0.2) is 18.2 Å². The molecule has 4 heteroatoms. The predicted octanol–water partition coefficient (Wildman–Crippen LogP) is 2.68. The molecule has 0 aliphatic rings. The summed E-state index contributed by atoms with van der Waals surface area (Å²) in [4.78, 5) is 0.922. The summed E-state index contributed by atoms with van der Waals surface area (Å²) in [5, 5.41) is 12.9. The van der Waals surface area contributed by atoms with E-state index in [1.165, 1.54) is 11.3 Å². The molecule has 1 atom stereocenters. The highest BCUT2D eigenvalue weighted by molar-refractivity contribution is 7.16. The number of hydrogen-bond donors (Lipinski definition) is 2. The molecular formula is C10H16ClNOS. The molecule has 0 radical (unpaired) electrons. The Morgan fingerprint density at radius 1 is 1.43 bits per heavy atom. The molecule has 0 aliphatic carbocycles. The van der Waals surface area contributed by atoms with E-state index >= 15 is 0 Å². The Morgan fingerprint density at radius 2 is 2.14 bits per heavy atom. The lowest BCUT2D eigenvalue weighted by molar-refractivity contribution is 0.177. The quantitative estimate of drug-likeness (QED) is 0.820. The van der Waals surface area contributed by atoms with Crippen LogP contribution in [0.5, 0.6) is 0 Å². The van der Waals surface area contributed by atoms with Crippen molar-refractivity contribution >= 4 is 22.9 Å². The number of halogens is 1. The van der Waals surface area contributed by atoms with Crippen LogP contribution in [-0.2, 0) is 0 Å². The molecule has 1 rings (SSSR count). The van der Waals surface area contributed by atoms with Gasteiger partial charge in [0.25, 0.3) is 0 Å². The van der Waals surface area contributed by atoms with E-state index in [9.17, 15) is 5.11 Å². The van der Waals surface area contributed by atoms with E-state index in [1.54, 1.807) is 0 Å². The van der Waals surface area contributed by atoms with Crippen LogP contribution in [0.2, 0.25) is 4.34 Å². The van der Waals surface area contributed by atoms with Crippen molar-refractivity contribution < 1.29 is 5.11 Å². The molecule has 0 aromatic carbocycles. The molecule has 2 N–H and O–H groups in total. The smallest absolute Gasteiger partial charge is 0.101 e. The van der Waals surface area contributed by atoms with E-state index in [2.05, 4.69) is 19.2 Å². The Bertz CT molecular complexity index is 275. The van der Waals surface area contributed by atoms with Gasteiger partial charge in [0.2, 0.25) is 0 Å². The van der Waals surface area contributed by atoms with E-state index in [-0.39, 0.29) is 0 Å². The van der Waals surface area contributed by atoms with Gasteiger partial charge in [-0.3, -0.25) is 0 Å². The summed E-state index contributed by atoms with van der Waals surface area (Å²) in [6.45, 7) is 5.80. The van der Waals surface area contributed by atoms with Crippen LogP contribution in [0.25, 0.3) is 0 Å². The first-order chi connectivity index (χ1) is 6.59. The van der Waals surface area contributed by atoms with Gasteiger partial charge in [-0.1, -0.05) is 25.4 Å². The minimum atomic E-state index is -0.439. The van der Waals surface area contributed by atoms with Crippen LogP contribution in [0.1, 0.15) is 24.8 Å². The zero-order chi connectivity index (χ0) is 10.6. The highest BCUT2D eigenvalue weighted by atomic mass is 35.5. The van der Waals surface area contributed by atoms with Gasteiger partial charge in [-0.25, -0.2) is 0 Å². The number of aliphatic hydroxyl groups excluding tert-OH is 1. The summed E-state index contributed by atoms with van der Waals surface area (Å²) in [5.74, 6) is 0.606. The second kappa shape index (κ2) is 5.71. The van der Waals surface area contributed by atoms with Gasteiger partial charge in [0, 0.05) is 11.4 Å². The lowest BCUT2D eigenvalue weighted by Gasteiger charge is -2.11. The third-order valence-corrected chi connectivity index (χ3v) is 3.15. The molecule has 1 aromatic heterocycles. The van der Waals surface area contributed by atoms with Crippen molar-refractivity contribution in [2.45, 2.75) is 20.0 Å². The molecule has 0 spiro atoms. The van der Waals surface area contributed by atoms with Crippen LogP contribution in [0.4, 0.5) is 0 Å².